The molecule has 0 amide bonds. The molecule has 0 heterocycles. The highest BCUT2D eigenvalue weighted by Gasteiger charge is 2.35. The average Bonchev–Trinajstić information content (AvgIpc) is 2.38. The molecule has 2 aromatic carbocycles. The van der Waals surface area contributed by atoms with Crippen LogP contribution in [0.15, 0.2) is 41.3 Å². The molecule has 0 spiro atoms. The number of anilines is 1. The lowest BCUT2D eigenvalue weighted by Crippen LogP contribution is -2.17. The summed E-state index contributed by atoms with van der Waals surface area (Å²) >= 11 is 0. The number of hydrogen-bond donors (Lipinski definition) is 1. The largest absolute Gasteiger partial charge is 0.418 e. The summed E-state index contributed by atoms with van der Waals surface area (Å²) in [6, 6.07) is 2.54. The smallest absolute Gasteiger partial charge is 0.279 e. The van der Waals surface area contributed by atoms with Crippen LogP contribution in [0.3, 0.4) is 0 Å². The van der Waals surface area contributed by atoms with Crippen LogP contribution < -0.4 is 4.72 Å². The molecule has 3 nitrogen and oxygen atoms in total. The van der Waals surface area contributed by atoms with Gasteiger partial charge in [0, 0.05) is 6.07 Å². The predicted octanol–water partition coefficient (Wildman–Crippen LogP) is 3.92. The van der Waals surface area contributed by atoms with Crippen LogP contribution in [0, 0.1) is 17.5 Å². The lowest BCUT2D eigenvalue weighted by Gasteiger charge is -2.15. The van der Waals surface area contributed by atoms with E-state index in [1.165, 1.54) is 0 Å². The van der Waals surface area contributed by atoms with Crippen molar-refractivity contribution in [1.29, 1.82) is 0 Å². The van der Waals surface area contributed by atoms with Crippen molar-refractivity contribution in [3.8, 4) is 0 Å². The summed E-state index contributed by atoms with van der Waals surface area (Å²) in [6.45, 7) is 0. The number of sulfonamides is 1. The predicted molar refractivity (Wildman–Crippen MR) is 68.6 cm³/mol. The third-order valence-corrected chi connectivity index (χ3v) is 4.02. The van der Waals surface area contributed by atoms with E-state index in [0.29, 0.717) is 30.3 Å². The van der Waals surface area contributed by atoms with Crippen molar-refractivity contribution >= 4 is 15.7 Å². The van der Waals surface area contributed by atoms with Crippen molar-refractivity contribution in [1.82, 2.24) is 0 Å². The van der Waals surface area contributed by atoms with Crippen molar-refractivity contribution < 1.29 is 34.8 Å². The summed E-state index contributed by atoms with van der Waals surface area (Å²) in [5.41, 5.74) is -2.54. The number of benzene rings is 2. The fraction of sp³-hybridized carbons (Fsp3) is 0.0769. The molecule has 0 atom stereocenters. The number of rotatable bonds is 3. The second-order valence-electron chi connectivity index (χ2n) is 4.40. The van der Waals surface area contributed by atoms with Gasteiger partial charge in [-0.3, -0.25) is 4.72 Å². The van der Waals surface area contributed by atoms with Crippen molar-refractivity contribution in [2.75, 3.05) is 4.72 Å². The van der Waals surface area contributed by atoms with Gasteiger partial charge in [0.1, 0.15) is 17.5 Å². The van der Waals surface area contributed by atoms with Crippen molar-refractivity contribution in [2.45, 2.75) is 11.1 Å². The molecule has 1 N–H and O–H groups in total. The van der Waals surface area contributed by atoms with Crippen LogP contribution in [-0.4, -0.2) is 8.42 Å². The highest BCUT2D eigenvalue weighted by molar-refractivity contribution is 7.92. The fourth-order valence-electron chi connectivity index (χ4n) is 1.73. The van der Waals surface area contributed by atoms with Gasteiger partial charge in [0.15, 0.2) is 0 Å². The molecular weight excluding hydrogens is 348 g/mol. The number of hydrogen-bond acceptors (Lipinski definition) is 2. The molecule has 0 unspecified atom stereocenters. The van der Waals surface area contributed by atoms with Gasteiger partial charge in [-0.25, -0.2) is 21.6 Å². The molecule has 0 aliphatic carbocycles. The van der Waals surface area contributed by atoms with Gasteiger partial charge >= 0.3 is 6.18 Å². The van der Waals surface area contributed by atoms with E-state index < -0.39 is 49.8 Å². The Balaban J connectivity index is 2.50. The summed E-state index contributed by atoms with van der Waals surface area (Å²) in [5.74, 6) is -3.67. The van der Waals surface area contributed by atoms with Gasteiger partial charge in [0.25, 0.3) is 10.0 Å². The van der Waals surface area contributed by atoms with E-state index in [-0.39, 0.29) is 6.07 Å². The Labute approximate surface area is 126 Å². The molecular formula is C13H7F6NO2S. The van der Waals surface area contributed by atoms with Crippen LogP contribution in [0.4, 0.5) is 32.0 Å². The molecule has 0 saturated heterocycles. The molecule has 124 valence electrons. The zero-order valence-corrected chi connectivity index (χ0v) is 11.8. The topological polar surface area (TPSA) is 46.2 Å². The standard InChI is InChI=1S/C13H7F6NO2S/c14-7-1-2-12(11(6-7)13(17,18)19)20-23(21,22)10-4-8(15)3-9(16)5-10/h1-6,20H. The van der Waals surface area contributed by atoms with E-state index in [1.54, 1.807) is 4.72 Å². The first-order valence-electron chi connectivity index (χ1n) is 5.85. The van der Waals surface area contributed by atoms with E-state index in [9.17, 15) is 34.8 Å². The first-order valence-corrected chi connectivity index (χ1v) is 7.33. The molecule has 2 aromatic rings. The molecule has 0 bridgehead atoms. The Morgan fingerprint density at radius 3 is 1.91 bits per heavy atom. The van der Waals surface area contributed by atoms with Gasteiger partial charge in [-0.1, -0.05) is 0 Å². The van der Waals surface area contributed by atoms with Crippen LogP contribution >= 0.6 is 0 Å². The number of alkyl halides is 3. The maximum Gasteiger partial charge on any atom is 0.418 e. The van der Waals surface area contributed by atoms with Crippen molar-refractivity contribution in [3.05, 3.63) is 59.4 Å². The zero-order valence-electron chi connectivity index (χ0n) is 11.0. The SMILES string of the molecule is O=S(=O)(Nc1ccc(F)cc1C(F)(F)F)c1cc(F)cc(F)c1. The summed E-state index contributed by atoms with van der Waals surface area (Å²) in [5, 5.41) is 0. The molecule has 0 aliphatic rings. The molecule has 0 saturated carbocycles. The van der Waals surface area contributed by atoms with Crippen molar-refractivity contribution in [3.63, 3.8) is 0 Å². The Kier molecular flexibility index (Phi) is 4.29. The normalized spacial score (nSPS) is 12.3. The van der Waals surface area contributed by atoms with E-state index in [1.807, 2.05) is 0 Å². The highest BCUT2D eigenvalue weighted by Crippen LogP contribution is 2.36. The lowest BCUT2D eigenvalue weighted by molar-refractivity contribution is -0.137. The van der Waals surface area contributed by atoms with Gasteiger partial charge in [-0.2, -0.15) is 13.2 Å². The second-order valence-corrected chi connectivity index (χ2v) is 6.08. The van der Waals surface area contributed by atoms with Crippen LogP contribution in [0.5, 0.6) is 0 Å². The average molecular weight is 355 g/mol. The second kappa shape index (κ2) is 5.76. The molecule has 0 fully saturated rings. The minimum absolute atomic E-state index is 0.101. The number of halogens is 6. The van der Waals surface area contributed by atoms with E-state index in [2.05, 4.69) is 0 Å². The zero-order chi connectivity index (χ0) is 17.4. The van der Waals surface area contributed by atoms with Gasteiger partial charge in [0.05, 0.1) is 16.1 Å². The monoisotopic (exact) mass is 355 g/mol. The third-order valence-electron chi connectivity index (χ3n) is 2.68. The summed E-state index contributed by atoms with van der Waals surface area (Å²) < 4.78 is 103. The quantitative estimate of drug-likeness (QED) is 0.849. The summed E-state index contributed by atoms with van der Waals surface area (Å²) in [6.07, 6.45) is -5.03. The summed E-state index contributed by atoms with van der Waals surface area (Å²) in [7, 11) is -4.71. The van der Waals surface area contributed by atoms with Gasteiger partial charge in [-0.15, -0.1) is 0 Å². The Morgan fingerprint density at radius 2 is 1.39 bits per heavy atom. The van der Waals surface area contributed by atoms with Gasteiger partial charge < -0.3 is 0 Å². The first kappa shape index (κ1) is 17.1. The van der Waals surface area contributed by atoms with Crippen LogP contribution in [-0.2, 0) is 16.2 Å². The van der Waals surface area contributed by atoms with Crippen LogP contribution in [0.1, 0.15) is 5.56 Å². The van der Waals surface area contributed by atoms with E-state index >= 15 is 0 Å². The molecule has 0 aromatic heterocycles. The van der Waals surface area contributed by atoms with Crippen LogP contribution in [0.25, 0.3) is 0 Å². The minimum Gasteiger partial charge on any atom is -0.279 e. The maximum absolute atomic E-state index is 13.1. The maximum atomic E-state index is 13.1. The molecule has 0 aliphatic heterocycles. The van der Waals surface area contributed by atoms with E-state index in [4.69, 9.17) is 0 Å². The Bertz CT molecular complexity index is 828. The Hall–Kier alpha value is -2.23. The molecule has 0 radical (unpaired) electrons. The van der Waals surface area contributed by atoms with Crippen LogP contribution in [0.2, 0.25) is 0 Å². The Morgan fingerprint density at radius 1 is 0.826 bits per heavy atom. The summed E-state index contributed by atoms with van der Waals surface area (Å²) in [4.78, 5) is -0.910. The first-order chi connectivity index (χ1) is 10.5. The van der Waals surface area contributed by atoms with Gasteiger partial charge in [-0.05, 0) is 30.3 Å². The molecule has 23 heavy (non-hydrogen) atoms. The van der Waals surface area contributed by atoms with Gasteiger partial charge in [0.2, 0.25) is 0 Å². The lowest BCUT2D eigenvalue weighted by atomic mass is 10.2. The third kappa shape index (κ3) is 3.95. The highest BCUT2D eigenvalue weighted by atomic mass is 32.2. The fourth-order valence-corrected chi connectivity index (χ4v) is 2.85. The number of nitrogens with one attached hydrogen (secondary N) is 1. The van der Waals surface area contributed by atoms with Crippen molar-refractivity contribution in [2.24, 2.45) is 0 Å². The molecule has 10 heteroatoms. The minimum atomic E-state index is -5.03. The molecule has 2 rings (SSSR count). The van der Waals surface area contributed by atoms with E-state index in [0.717, 1.165) is 0 Å².